The third kappa shape index (κ3) is 4.30. The van der Waals surface area contributed by atoms with Crippen LogP contribution in [-0.2, 0) is 6.42 Å². The SMILES string of the molecule is COc1ccccc1C(=O)NCC(CO)Cc1ccccn1. The first-order valence-electron chi connectivity index (χ1n) is 7.16. The van der Waals surface area contributed by atoms with E-state index in [1.54, 1.807) is 24.4 Å². The van der Waals surface area contributed by atoms with E-state index < -0.39 is 0 Å². The number of benzene rings is 1. The van der Waals surface area contributed by atoms with E-state index in [4.69, 9.17) is 4.74 Å². The topological polar surface area (TPSA) is 71.5 Å². The Labute approximate surface area is 130 Å². The molecule has 1 heterocycles. The Balaban J connectivity index is 1.94. The monoisotopic (exact) mass is 300 g/mol. The quantitative estimate of drug-likeness (QED) is 0.816. The van der Waals surface area contributed by atoms with Crippen molar-refractivity contribution in [3.8, 4) is 5.75 Å². The van der Waals surface area contributed by atoms with Crippen molar-refractivity contribution in [1.29, 1.82) is 0 Å². The van der Waals surface area contributed by atoms with Gasteiger partial charge in [0.05, 0.1) is 12.7 Å². The summed E-state index contributed by atoms with van der Waals surface area (Å²) in [6, 6.07) is 12.7. The minimum atomic E-state index is -0.211. The summed E-state index contributed by atoms with van der Waals surface area (Å²) in [7, 11) is 1.53. The van der Waals surface area contributed by atoms with Gasteiger partial charge in [0, 0.05) is 31.0 Å². The number of aliphatic hydroxyl groups is 1. The first-order valence-corrected chi connectivity index (χ1v) is 7.16. The van der Waals surface area contributed by atoms with E-state index in [0.29, 0.717) is 24.3 Å². The zero-order valence-corrected chi connectivity index (χ0v) is 12.5. The lowest BCUT2D eigenvalue weighted by Gasteiger charge is -2.15. The fraction of sp³-hybridized carbons (Fsp3) is 0.294. The van der Waals surface area contributed by atoms with Gasteiger partial charge >= 0.3 is 0 Å². The van der Waals surface area contributed by atoms with Gasteiger partial charge in [-0.05, 0) is 30.7 Å². The number of hydrogen-bond acceptors (Lipinski definition) is 4. The maximum Gasteiger partial charge on any atom is 0.255 e. The second kappa shape index (κ2) is 8.14. The third-order valence-corrected chi connectivity index (χ3v) is 3.39. The molecule has 1 unspecified atom stereocenters. The molecule has 2 rings (SSSR count). The van der Waals surface area contributed by atoms with Crippen LogP contribution in [0.1, 0.15) is 16.1 Å². The average Bonchev–Trinajstić information content (AvgIpc) is 2.59. The van der Waals surface area contributed by atoms with Gasteiger partial charge in [0.1, 0.15) is 5.75 Å². The number of amides is 1. The van der Waals surface area contributed by atoms with Crippen LogP contribution in [0.5, 0.6) is 5.75 Å². The Kier molecular flexibility index (Phi) is 5.91. The largest absolute Gasteiger partial charge is 0.496 e. The highest BCUT2D eigenvalue weighted by Gasteiger charge is 2.14. The highest BCUT2D eigenvalue weighted by Crippen LogP contribution is 2.17. The van der Waals surface area contributed by atoms with E-state index >= 15 is 0 Å². The summed E-state index contributed by atoms with van der Waals surface area (Å²) in [5.41, 5.74) is 1.38. The number of pyridine rings is 1. The second-order valence-corrected chi connectivity index (χ2v) is 4.98. The van der Waals surface area contributed by atoms with Crippen molar-refractivity contribution in [1.82, 2.24) is 10.3 Å². The lowest BCUT2D eigenvalue weighted by molar-refractivity contribution is 0.0937. The molecule has 2 aromatic rings. The summed E-state index contributed by atoms with van der Waals surface area (Å²) >= 11 is 0. The highest BCUT2D eigenvalue weighted by atomic mass is 16.5. The molecule has 0 aliphatic carbocycles. The fourth-order valence-electron chi connectivity index (χ4n) is 2.18. The predicted molar refractivity (Wildman–Crippen MR) is 83.8 cm³/mol. The Morgan fingerprint density at radius 2 is 2.05 bits per heavy atom. The van der Waals surface area contributed by atoms with Gasteiger partial charge in [-0.15, -0.1) is 0 Å². The molecule has 0 saturated carbocycles. The number of hydrogen-bond donors (Lipinski definition) is 2. The van der Waals surface area contributed by atoms with Crippen molar-refractivity contribution in [2.45, 2.75) is 6.42 Å². The Morgan fingerprint density at radius 3 is 2.73 bits per heavy atom. The zero-order valence-electron chi connectivity index (χ0n) is 12.5. The van der Waals surface area contributed by atoms with Crippen molar-refractivity contribution in [2.24, 2.45) is 5.92 Å². The van der Waals surface area contributed by atoms with Crippen LogP contribution in [0.15, 0.2) is 48.7 Å². The van der Waals surface area contributed by atoms with Gasteiger partial charge in [-0.3, -0.25) is 9.78 Å². The molecular formula is C17H20N2O3. The number of nitrogens with one attached hydrogen (secondary N) is 1. The van der Waals surface area contributed by atoms with E-state index in [-0.39, 0.29) is 18.4 Å². The lowest BCUT2D eigenvalue weighted by Crippen LogP contribution is -2.32. The first-order chi connectivity index (χ1) is 10.7. The van der Waals surface area contributed by atoms with E-state index in [0.717, 1.165) is 5.69 Å². The maximum atomic E-state index is 12.2. The number of methoxy groups -OCH3 is 1. The van der Waals surface area contributed by atoms with Gasteiger partial charge in [-0.2, -0.15) is 0 Å². The molecule has 0 aliphatic rings. The number of aromatic nitrogens is 1. The molecule has 0 radical (unpaired) electrons. The number of rotatable bonds is 7. The molecule has 0 spiro atoms. The minimum absolute atomic E-state index is 0.0111. The summed E-state index contributed by atoms with van der Waals surface area (Å²) in [5.74, 6) is 0.246. The van der Waals surface area contributed by atoms with Crippen LogP contribution >= 0.6 is 0 Å². The van der Waals surface area contributed by atoms with Crippen molar-refractivity contribution in [3.05, 3.63) is 59.9 Å². The predicted octanol–water partition coefficient (Wildman–Crippen LogP) is 1.67. The van der Waals surface area contributed by atoms with Crippen molar-refractivity contribution >= 4 is 5.91 Å². The number of carbonyl (C=O) groups is 1. The second-order valence-electron chi connectivity index (χ2n) is 4.98. The van der Waals surface area contributed by atoms with Crippen LogP contribution < -0.4 is 10.1 Å². The van der Waals surface area contributed by atoms with Gasteiger partial charge in [0.25, 0.3) is 5.91 Å². The Hall–Kier alpha value is -2.40. The number of aliphatic hydroxyl groups excluding tert-OH is 1. The summed E-state index contributed by atoms with van der Waals surface area (Å²) in [4.78, 5) is 16.4. The lowest BCUT2D eigenvalue weighted by atomic mass is 10.0. The van der Waals surface area contributed by atoms with Gasteiger partial charge in [-0.1, -0.05) is 18.2 Å². The molecule has 0 bridgehead atoms. The molecule has 22 heavy (non-hydrogen) atoms. The molecule has 116 valence electrons. The van der Waals surface area contributed by atoms with Crippen LogP contribution in [0.25, 0.3) is 0 Å². The standard InChI is InChI=1S/C17H20N2O3/c1-22-16-8-3-2-7-15(16)17(21)19-11-13(12-20)10-14-6-4-5-9-18-14/h2-9,13,20H,10-12H2,1H3,(H,19,21). The van der Waals surface area contributed by atoms with E-state index in [9.17, 15) is 9.90 Å². The average molecular weight is 300 g/mol. The summed E-state index contributed by atoms with van der Waals surface area (Å²) in [5, 5.41) is 12.3. The number of ether oxygens (including phenoxy) is 1. The molecule has 5 nitrogen and oxygen atoms in total. The zero-order chi connectivity index (χ0) is 15.8. The number of carbonyl (C=O) groups excluding carboxylic acids is 1. The third-order valence-electron chi connectivity index (χ3n) is 3.39. The van der Waals surface area contributed by atoms with Gasteiger partial charge < -0.3 is 15.2 Å². The fourth-order valence-corrected chi connectivity index (χ4v) is 2.18. The van der Waals surface area contributed by atoms with Crippen molar-refractivity contribution < 1.29 is 14.6 Å². The van der Waals surface area contributed by atoms with Crippen LogP contribution in [-0.4, -0.2) is 36.3 Å². The summed E-state index contributed by atoms with van der Waals surface area (Å²) in [6.07, 6.45) is 2.33. The number of nitrogens with zero attached hydrogens (tertiary/aromatic N) is 1. The van der Waals surface area contributed by atoms with Gasteiger partial charge in [0.15, 0.2) is 0 Å². The molecule has 0 aliphatic heterocycles. The highest BCUT2D eigenvalue weighted by molar-refractivity contribution is 5.96. The van der Waals surface area contributed by atoms with Crippen LogP contribution in [0, 0.1) is 5.92 Å². The molecule has 0 fully saturated rings. The molecular weight excluding hydrogens is 280 g/mol. The Morgan fingerprint density at radius 1 is 1.27 bits per heavy atom. The van der Waals surface area contributed by atoms with Crippen molar-refractivity contribution in [2.75, 3.05) is 20.3 Å². The van der Waals surface area contributed by atoms with Crippen LogP contribution in [0.4, 0.5) is 0 Å². The van der Waals surface area contributed by atoms with Gasteiger partial charge in [-0.25, -0.2) is 0 Å². The summed E-state index contributed by atoms with van der Waals surface area (Å²) < 4.78 is 5.18. The molecule has 1 aromatic carbocycles. The Bertz CT molecular complexity index is 602. The normalized spacial score (nSPS) is 11.7. The number of para-hydroxylation sites is 1. The van der Waals surface area contributed by atoms with Crippen molar-refractivity contribution in [3.63, 3.8) is 0 Å². The smallest absolute Gasteiger partial charge is 0.255 e. The molecule has 1 aromatic heterocycles. The van der Waals surface area contributed by atoms with Crippen LogP contribution in [0.3, 0.4) is 0 Å². The maximum absolute atomic E-state index is 12.2. The molecule has 1 amide bonds. The van der Waals surface area contributed by atoms with E-state index in [2.05, 4.69) is 10.3 Å². The summed E-state index contributed by atoms with van der Waals surface area (Å²) in [6.45, 7) is 0.368. The van der Waals surface area contributed by atoms with E-state index in [1.165, 1.54) is 7.11 Å². The molecule has 1 atom stereocenters. The molecule has 0 saturated heterocycles. The molecule has 2 N–H and O–H groups in total. The molecule has 5 heteroatoms. The van der Waals surface area contributed by atoms with E-state index in [1.807, 2.05) is 24.3 Å². The van der Waals surface area contributed by atoms with Crippen LogP contribution in [0.2, 0.25) is 0 Å². The minimum Gasteiger partial charge on any atom is -0.496 e. The van der Waals surface area contributed by atoms with Gasteiger partial charge in [0.2, 0.25) is 0 Å². The first kappa shape index (κ1) is 16.0.